The van der Waals surface area contributed by atoms with Crippen LogP contribution in [0.3, 0.4) is 0 Å². The van der Waals surface area contributed by atoms with Gasteiger partial charge in [-0.1, -0.05) is 23.2 Å². The summed E-state index contributed by atoms with van der Waals surface area (Å²) in [6.07, 6.45) is 0. The molecule has 0 aliphatic carbocycles. The van der Waals surface area contributed by atoms with E-state index in [9.17, 15) is 9.59 Å². The second-order valence-electron chi connectivity index (χ2n) is 8.31. The van der Waals surface area contributed by atoms with Crippen LogP contribution in [0.25, 0.3) is 0 Å². The van der Waals surface area contributed by atoms with E-state index < -0.39 is 12.1 Å². The van der Waals surface area contributed by atoms with Crippen LogP contribution in [0, 0.1) is 0 Å². The number of rotatable bonds is 11. The van der Waals surface area contributed by atoms with Gasteiger partial charge in [0.1, 0.15) is 0 Å². The normalized spacial score (nSPS) is 11.9. The van der Waals surface area contributed by atoms with Gasteiger partial charge >= 0.3 is 12.1 Å². The van der Waals surface area contributed by atoms with Crippen molar-refractivity contribution in [1.29, 1.82) is 0 Å². The van der Waals surface area contributed by atoms with E-state index in [-0.39, 0.29) is 11.9 Å². The van der Waals surface area contributed by atoms with Crippen molar-refractivity contribution in [3.05, 3.63) is 58.6 Å². The van der Waals surface area contributed by atoms with E-state index >= 15 is 0 Å². The Morgan fingerprint density at radius 3 is 1.37 bits per heavy atom. The summed E-state index contributed by atoms with van der Waals surface area (Å²) in [5.41, 5.74) is 12.8. The molecule has 4 amide bonds. The number of nitrogens with two attached hydrogens (primary N) is 2. The number of urea groups is 2. The lowest BCUT2D eigenvalue weighted by Crippen LogP contribution is -2.40. The highest BCUT2D eigenvalue weighted by Gasteiger charge is 2.06. The summed E-state index contributed by atoms with van der Waals surface area (Å²) in [6, 6.07) is 12.5. The zero-order valence-corrected chi connectivity index (χ0v) is 22.9. The summed E-state index contributed by atoms with van der Waals surface area (Å²) in [6.45, 7) is 3.75. The van der Waals surface area contributed by atoms with Gasteiger partial charge in [-0.2, -0.15) is 0 Å². The lowest BCUT2D eigenvalue weighted by atomic mass is 10.3. The molecule has 2 aromatic carbocycles. The van der Waals surface area contributed by atoms with Crippen LogP contribution in [-0.2, 0) is 0 Å². The van der Waals surface area contributed by atoms with E-state index in [4.69, 9.17) is 34.7 Å². The molecule has 0 bridgehead atoms. The highest BCUT2D eigenvalue weighted by Crippen LogP contribution is 2.13. The molecular formula is C24H34Cl2N10O2. The molecule has 14 heteroatoms. The molecule has 0 unspecified atom stereocenters. The van der Waals surface area contributed by atoms with E-state index in [1.54, 1.807) is 48.5 Å². The molecule has 8 N–H and O–H groups in total. The van der Waals surface area contributed by atoms with Crippen molar-refractivity contribution >= 4 is 58.6 Å². The Morgan fingerprint density at radius 1 is 0.684 bits per heavy atom. The molecule has 0 fully saturated rings. The fourth-order valence-corrected chi connectivity index (χ4v) is 3.20. The summed E-state index contributed by atoms with van der Waals surface area (Å²) >= 11 is 11.7. The van der Waals surface area contributed by atoms with Gasteiger partial charge in [0.25, 0.3) is 0 Å². The SMILES string of the molecule is CN(CCN=C(N)NC(=O)Nc1ccc(Cl)cc1)CCN(C)CCN=C(N)NC(=O)Nc1ccc(Cl)cc1. The van der Waals surface area contributed by atoms with Gasteiger partial charge in [-0.15, -0.1) is 0 Å². The molecule has 0 spiro atoms. The number of nitrogens with zero attached hydrogens (tertiary/aromatic N) is 4. The van der Waals surface area contributed by atoms with E-state index in [0.29, 0.717) is 47.6 Å². The topological polar surface area (TPSA) is 165 Å². The van der Waals surface area contributed by atoms with Crippen LogP contribution in [0.4, 0.5) is 21.0 Å². The Balaban J connectivity index is 1.58. The average Bonchev–Trinajstić information content (AvgIpc) is 2.85. The third-order valence-electron chi connectivity index (χ3n) is 5.08. The smallest absolute Gasteiger partial charge is 0.325 e. The number of amides is 4. The highest BCUT2D eigenvalue weighted by molar-refractivity contribution is 6.31. The number of carbonyl (C=O) groups excluding carboxylic acids is 2. The maximum Gasteiger partial charge on any atom is 0.325 e. The molecule has 206 valence electrons. The number of guanidine groups is 2. The molecule has 12 nitrogen and oxygen atoms in total. The first-order valence-corrected chi connectivity index (χ1v) is 12.5. The molecular weight excluding hydrogens is 531 g/mol. The third kappa shape index (κ3) is 13.1. The first-order chi connectivity index (χ1) is 18.1. The lowest BCUT2D eigenvalue weighted by Gasteiger charge is -2.21. The number of benzene rings is 2. The van der Waals surface area contributed by atoms with Crippen molar-refractivity contribution < 1.29 is 9.59 Å². The summed E-state index contributed by atoms with van der Waals surface area (Å²) in [5.74, 6) is 0.0702. The summed E-state index contributed by atoms with van der Waals surface area (Å²) in [7, 11) is 3.94. The molecule has 2 rings (SSSR count). The van der Waals surface area contributed by atoms with Gasteiger partial charge in [-0.3, -0.25) is 20.6 Å². The molecule has 0 saturated carbocycles. The van der Waals surface area contributed by atoms with Crippen LogP contribution in [0.2, 0.25) is 10.0 Å². The van der Waals surface area contributed by atoms with Gasteiger partial charge in [-0.05, 0) is 62.6 Å². The summed E-state index contributed by atoms with van der Waals surface area (Å²) < 4.78 is 0. The highest BCUT2D eigenvalue weighted by atomic mass is 35.5. The maximum absolute atomic E-state index is 12.0. The molecule has 2 aromatic rings. The molecule has 0 aliphatic heterocycles. The van der Waals surface area contributed by atoms with Gasteiger partial charge in [0, 0.05) is 47.6 Å². The molecule has 0 atom stereocenters. The second-order valence-corrected chi connectivity index (χ2v) is 9.19. The van der Waals surface area contributed by atoms with Gasteiger partial charge in [-0.25, -0.2) is 9.59 Å². The maximum atomic E-state index is 12.0. The van der Waals surface area contributed by atoms with Gasteiger partial charge in [0.2, 0.25) is 0 Å². The fourth-order valence-electron chi connectivity index (χ4n) is 2.95. The van der Waals surface area contributed by atoms with Crippen LogP contribution in [-0.4, -0.2) is 87.1 Å². The Morgan fingerprint density at radius 2 is 1.03 bits per heavy atom. The van der Waals surface area contributed by atoms with Gasteiger partial charge in [0.15, 0.2) is 11.9 Å². The quantitative estimate of drug-likeness (QED) is 0.181. The first kappa shape index (κ1) is 30.6. The van der Waals surface area contributed by atoms with Gasteiger partial charge < -0.3 is 31.9 Å². The predicted molar refractivity (Wildman–Crippen MR) is 155 cm³/mol. The molecule has 0 saturated heterocycles. The zero-order chi connectivity index (χ0) is 27.9. The Kier molecular flexibility index (Phi) is 13.1. The molecule has 0 radical (unpaired) electrons. The minimum absolute atomic E-state index is 0.0351. The minimum Gasteiger partial charge on any atom is -0.370 e. The van der Waals surface area contributed by atoms with Crippen molar-refractivity contribution in [2.45, 2.75) is 0 Å². The average molecular weight is 566 g/mol. The second kappa shape index (κ2) is 16.3. The number of halogens is 2. The van der Waals surface area contributed by atoms with E-state index in [1.807, 2.05) is 14.1 Å². The molecule has 38 heavy (non-hydrogen) atoms. The van der Waals surface area contributed by atoms with Crippen LogP contribution in [0.1, 0.15) is 0 Å². The van der Waals surface area contributed by atoms with Gasteiger partial charge in [0.05, 0.1) is 13.1 Å². The van der Waals surface area contributed by atoms with Crippen LogP contribution in [0.15, 0.2) is 58.5 Å². The van der Waals surface area contributed by atoms with Crippen molar-refractivity contribution in [3.63, 3.8) is 0 Å². The number of anilines is 2. The summed E-state index contributed by atoms with van der Waals surface area (Å²) in [4.78, 5) is 36.5. The molecule has 0 aliphatic rings. The van der Waals surface area contributed by atoms with E-state index in [2.05, 4.69) is 41.1 Å². The van der Waals surface area contributed by atoms with E-state index in [0.717, 1.165) is 13.1 Å². The van der Waals surface area contributed by atoms with Crippen LogP contribution >= 0.6 is 23.2 Å². The monoisotopic (exact) mass is 564 g/mol. The predicted octanol–water partition coefficient (Wildman–Crippen LogP) is 2.43. The van der Waals surface area contributed by atoms with Crippen LogP contribution < -0.4 is 32.7 Å². The van der Waals surface area contributed by atoms with Crippen molar-refractivity contribution in [2.75, 3.05) is 64.0 Å². The number of carbonyl (C=O) groups is 2. The number of hydrogen-bond donors (Lipinski definition) is 6. The summed E-state index contributed by atoms with van der Waals surface area (Å²) in [5, 5.41) is 11.4. The van der Waals surface area contributed by atoms with E-state index in [1.165, 1.54) is 0 Å². The number of aliphatic imine (C=N–C) groups is 2. The fraction of sp³-hybridized carbons (Fsp3) is 0.333. The third-order valence-corrected chi connectivity index (χ3v) is 5.58. The molecule has 0 aromatic heterocycles. The lowest BCUT2D eigenvalue weighted by molar-refractivity contribution is 0.255. The Hall–Kier alpha value is -3.58. The largest absolute Gasteiger partial charge is 0.370 e. The first-order valence-electron chi connectivity index (χ1n) is 11.7. The Bertz CT molecular complexity index is 1010. The number of hydrogen-bond acceptors (Lipinski definition) is 6. The Labute approximate surface area is 232 Å². The number of likely N-dealkylation sites (N-methyl/N-ethyl adjacent to an activating group) is 2. The van der Waals surface area contributed by atoms with Crippen molar-refractivity contribution in [2.24, 2.45) is 21.5 Å². The molecule has 0 heterocycles. The number of nitrogens with one attached hydrogen (secondary N) is 4. The van der Waals surface area contributed by atoms with Crippen LogP contribution in [0.5, 0.6) is 0 Å². The zero-order valence-electron chi connectivity index (χ0n) is 21.4. The minimum atomic E-state index is -0.482. The standard InChI is InChI=1S/C24H34Cl2N10O2/c1-35(13-11-29-21(27)33-23(37)31-19-7-3-17(25)4-8-19)15-16-36(2)14-12-30-22(28)34-24(38)32-20-9-5-18(26)6-10-20/h3-10H,11-16H2,1-2H3,(H4,27,29,31,33,37)(H4,28,30,32,34,38). The van der Waals surface area contributed by atoms with Crippen molar-refractivity contribution in [3.8, 4) is 0 Å². The van der Waals surface area contributed by atoms with Crippen molar-refractivity contribution in [1.82, 2.24) is 20.4 Å².